The monoisotopic (exact) mass is 1030 g/mol. The first-order valence-electron chi connectivity index (χ1n) is 25.3. The summed E-state index contributed by atoms with van der Waals surface area (Å²) in [7, 11) is 0. The van der Waals surface area contributed by atoms with Gasteiger partial charge in [0.2, 0.25) is 0 Å². The number of amides is 1. The van der Waals surface area contributed by atoms with E-state index in [0.717, 1.165) is 12.0 Å². The van der Waals surface area contributed by atoms with Gasteiger partial charge in [-0.3, -0.25) is 4.79 Å². The van der Waals surface area contributed by atoms with Crippen molar-refractivity contribution in [2.75, 3.05) is 39.5 Å². The van der Waals surface area contributed by atoms with E-state index in [1.54, 1.807) is 29.2 Å². The molecule has 9 unspecified atom stereocenters. The second-order valence-corrected chi connectivity index (χ2v) is 19.8. The first-order valence-corrected chi connectivity index (χ1v) is 25.3. The van der Waals surface area contributed by atoms with Gasteiger partial charge in [-0.05, 0) is 68.7 Å². The lowest BCUT2D eigenvalue weighted by Gasteiger charge is -2.49. The first kappa shape index (κ1) is 55.3. The van der Waals surface area contributed by atoms with Crippen LogP contribution in [0.25, 0.3) is 6.08 Å². The van der Waals surface area contributed by atoms with Crippen molar-refractivity contribution >= 4 is 18.0 Å². The minimum atomic E-state index is -1.69. The van der Waals surface area contributed by atoms with E-state index < -0.39 is 141 Å². The predicted molar refractivity (Wildman–Crippen MR) is 254 cm³/mol. The summed E-state index contributed by atoms with van der Waals surface area (Å²) in [6, 6.07) is 15.4. The molecule has 21 heteroatoms. The minimum absolute atomic E-state index is 0.0775. The average Bonchev–Trinajstić information content (AvgIpc) is 3.36. The van der Waals surface area contributed by atoms with Crippen molar-refractivity contribution in [3.05, 3.63) is 83.6 Å². The van der Waals surface area contributed by atoms with Gasteiger partial charge in [-0.2, -0.15) is 0 Å². The number of nitrogens with zero attached hydrogens (tertiary/aromatic N) is 1. The van der Waals surface area contributed by atoms with E-state index in [-0.39, 0.29) is 37.5 Å². The molecule has 0 spiro atoms. The fraction of sp³-hybridized carbons (Fsp3) is 0.654. The third-order valence-corrected chi connectivity index (χ3v) is 14.6. The Morgan fingerprint density at radius 2 is 1.42 bits per heavy atom. The third-order valence-electron chi connectivity index (χ3n) is 14.6. The maximum absolute atomic E-state index is 13.9. The summed E-state index contributed by atoms with van der Waals surface area (Å²) in [5, 5.41) is 87.9. The number of ether oxygens (including phenoxy) is 10. The lowest BCUT2D eigenvalue weighted by Crippen LogP contribution is -2.64. The van der Waals surface area contributed by atoms with Crippen LogP contribution in [0.1, 0.15) is 68.8 Å². The molecule has 2 aromatic rings. The highest BCUT2D eigenvalue weighted by Crippen LogP contribution is 2.40. The molecule has 8 N–H and O–H groups in total. The van der Waals surface area contributed by atoms with Gasteiger partial charge in [0.25, 0.3) is 5.91 Å². The average molecular weight is 1030 g/mol. The fourth-order valence-corrected chi connectivity index (χ4v) is 10.3. The van der Waals surface area contributed by atoms with Crippen molar-refractivity contribution in [2.45, 2.75) is 163 Å². The van der Waals surface area contributed by atoms with Crippen molar-refractivity contribution < 1.29 is 97.8 Å². The molecule has 0 radical (unpaired) electrons. The van der Waals surface area contributed by atoms with E-state index in [4.69, 9.17) is 47.4 Å². The molecule has 20 atom stereocenters. The van der Waals surface area contributed by atoms with Crippen LogP contribution < -0.4 is 4.74 Å². The molecule has 73 heavy (non-hydrogen) atoms. The van der Waals surface area contributed by atoms with Gasteiger partial charge < -0.3 is 93.1 Å². The van der Waals surface area contributed by atoms with E-state index in [1.807, 2.05) is 38.1 Å². The number of benzene rings is 2. The fourth-order valence-electron chi connectivity index (χ4n) is 10.3. The number of fused-ring (bicyclic) bond motifs is 1. The number of aliphatic hydroxyl groups is 8. The molecule has 0 aromatic heterocycles. The van der Waals surface area contributed by atoms with Crippen LogP contribution in [0.4, 0.5) is 0 Å². The van der Waals surface area contributed by atoms with Gasteiger partial charge in [0.1, 0.15) is 78.7 Å². The van der Waals surface area contributed by atoms with Gasteiger partial charge in [-0.25, -0.2) is 4.79 Å². The number of aliphatic hydroxyl groups excluding tert-OH is 8. The number of hydrogen-bond acceptors (Lipinski definition) is 20. The van der Waals surface area contributed by atoms with Crippen LogP contribution in [0, 0.1) is 11.8 Å². The number of carbonyl (C=O) groups is 2. The Morgan fingerprint density at radius 3 is 2.11 bits per heavy atom. The molecule has 6 aliphatic rings. The molecule has 5 fully saturated rings. The number of hydrogen-bond donors (Lipinski definition) is 8. The van der Waals surface area contributed by atoms with Gasteiger partial charge in [-0.1, -0.05) is 63.2 Å². The van der Waals surface area contributed by atoms with Crippen LogP contribution in [0.15, 0.2) is 72.5 Å². The SMILES string of the molecule is C=C1Oc2ccccc2C=C1COC1C(O)[C@@H](OCC2CC(C)[C@@H](O[C@@H]3OC(C)[C@@H](O)[C@H](O)C3O)[C@H](O[C@@H]3O[C@@H](CO)[C@H](O)C(O[C@@H](CCC)C(=O)N4CCC4)C3OC(=O)c3ccccc3)C2)OC(CO)[C@H]1O. The second kappa shape index (κ2) is 24.8. The van der Waals surface area contributed by atoms with Crippen LogP contribution in [0.5, 0.6) is 5.75 Å². The molecule has 2 aromatic carbocycles. The molecule has 21 nitrogen and oxygen atoms in total. The lowest BCUT2D eigenvalue weighted by atomic mass is 9.78. The van der Waals surface area contributed by atoms with Crippen molar-refractivity contribution in [1.29, 1.82) is 0 Å². The standard InChI is InChI=1S/C52H71NO20/c1-5-12-34(48(62)53-17-11-18-53)68-46-40(58)37(23-55)71-52(47(46)72-49(63)30-13-7-6-8-14-30)69-35-20-29(19-26(2)44(35)73-51-42(60)41(59)38(56)28(4)67-51)24-65-50-43(61)45(39(57)36(22-54)70-50)64-25-32-21-31-15-9-10-16-33(31)66-27(32)3/h6-10,13-16,21,26,28-29,34-47,50-52,54-61H,3,5,11-12,17-20,22-25H2,1-2,4H3/t26?,28?,29?,34-,35+,36?,37-,38+,39+,40-,41-,42?,43?,44+,45?,46?,47?,50-,51-,52+/m0/s1. The highest BCUT2D eigenvalue weighted by Gasteiger charge is 2.54. The summed E-state index contributed by atoms with van der Waals surface area (Å²) in [6.45, 7) is 8.67. The summed E-state index contributed by atoms with van der Waals surface area (Å²) in [5.74, 6) is -1.11. The Hall–Kier alpha value is -3.98. The van der Waals surface area contributed by atoms with Crippen molar-refractivity contribution in [2.24, 2.45) is 11.8 Å². The molecule has 1 saturated carbocycles. The maximum atomic E-state index is 13.9. The summed E-state index contributed by atoms with van der Waals surface area (Å²) >= 11 is 0. The van der Waals surface area contributed by atoms with Crippen LogP contribution in [0.3, 0.4) is 0 Å². The van der Waals surface area contributed by atoms with Crippen LogP contribution >= 0.6 is 0 Å². The van der Waals surface area contributed by atoms with E-state index in [2.05, 4.69) is 6.58 Å². The van der Waals surface area contributed by atoms with Crippen molar-refractivity contribution in [1.82, 2.24) is 4.90 Å². The molecule has 8 rings (SSSR count). The zero-order valence-corrected chi connectivity index (χ0v) is 41.2. The highest BCUT2D eigenvalue weighted by atomic mass is 16.8. The minimum Gasteiger partial charge on any atom is -0.457 e. The van der Waals surface area contributed by atoms with Crippen molar-refractivity contribution in [3.8, 4) is 5.75 Å². The van der Waals surface area contributed by atoms with E-state index in [9.17, 15) is 50.4 Å². The molecule has 0 bridgehead atoms. The number of para-hydroxylation sites is 1. The summed E-state index contributed by atoms with van der Waals surface area (Å²) < 4.78 is 62.1. The normalized spacial score (nSPS) is 38.1. The Kier molecular flexibility index (Phi) is 18.8. The maximum Gasteiger partial charge on any atom is 0.338 e. The highest BCUT2D eigenvalue weighted by molar-refractivity contribution is 5.89. The lowest BCUT2D eigenvalue weighted by molar-refractivity contribution is -0.350. The number of likely N-dealkylation sites (tertiary alicyclic amines) is 1. The molecule has 1 amide bonds. The molecule has 4 saturated heterocycles. The van der Waals surface area contributed by atoms with Crippen LogP contribution in [-0.2, 0) is 47.4 Å². The van der Waals surface area contributed by atoms with Gasteiger partial charge >= 0.3 is 5.97 Å². The predicted octanol–water partition coefficient (Wildman–Crippen LogP) is 0.551. The molecular formula is C52H71NO20. The Bertz CT molecular complexity index is 2180. The topological polar surface area (TPSA) is 292 Å². The van der Waals surface area contributed by atoms with E-state index in [1.165, 1.54) is 19.1 Å². The number of esters is 1. The van der Waals surface area contributed by atoms with Crippen LogP contribution in [-0.4, -0.2) is 208 Å². The Balaban J connectivity index is 1.05. The van der Waals surface area contributed by atoms with Gasteiger partial charge in [0.05, 0.1) is 50.3 Å². The summed E-state index contributed by atoms with van der Waals surface area (Å²) in [6.07, 6.45) is -21.0. The number of carbonyl (C=O) groups excluding carboxylic acids is 2. The van der Waals surface area contributed by atoms with Crippen molar-refractivity contribution in [3.63, 3.8) is 0 Å². The van der Waals surface area contributed by atoms with Gasteiger partial charge in [-0.15, -0.1) is 0 Å². The third kappa shape index (κ3) is 12.5. The molecule has 404 valence electrons. The van der Waals surface area contributed by atoms with E-state index in [0.29, 0.717) is 43.0 Å². The van der Waals surface area contributed by atoms with Gasteiger partial charge in [0.15, 0.2) is 25.0 Å². The second-order valence-electron chi connectivity index (χ2n) is 19.8. The van der Waals surface area contributed by atoms with Crippen LogP contribution in [0.2, 0.25) is 0 Å². The Labute approximate surface area is 423 Å². The van der Waals surface area contributed by atoms with Gasteiger partial charge in [0, 0.05) is 24.2 Å². The molecular weight excluding hydrogens is 959 g/mol. The molecule has 5 aliphatic heterocycles. The quantitative estimate of drug-likeness (QED) is 0.0892. The van der Waals surface area contributed by atoms with E-state index >= 15 is 0 Å². The molecule has 1 aliphatic carbocycles. The smallest absolute Gasteiger partial charge is 0.338 e. The summed E-state index contributed by atoms with van der Waals surface area (Å²) in [5.41, 5.74) is 1.49. The number of rotatable bonds is 19. The zero-order valence-electron chi connectivity index (χ0n) is 41.2. The largest absolute Gasteiger partial charge is 0.457 e. The Morgan fingerprint density at radius 1 is 0.740 bits per heavy atom. The summed E-state index contributed by atoms with van der Waals surface area (Å²) in [4.78, 5) is 29.3. The zero-order chi connectivity index (χ0) is 52.1. The molecule has 5 heterocycles. The first-order chi connectivity index (χ1) is 35.1.